The molecule has 1 aromatic rings. The second-order valence-electron chi connectivity index (χ2n) is 3.03. The molecule has 0 fully saturated rings. The zero-order chi connectivity index (χ0) is 9.14. The van der Waals surface area contributed by atoms with Crippen LogP contribution in [0.2, 0.25) is 0 Å². The van der Waals surface area contributed by atoms with Crippen LogP contribution in [0.1, 0.15) is 31.0 Å². The first kappa shape index (κ1) is 9.07. The molecule has 3 N–H and O–H groups in total. The van der Waals surface area contributed by atoms with E-state index in [1.807, 2.05) is 13.0 Å². The topological polar surface area (TPSA) is 46.2 Å². The third-order valence-electron chi connectivity index (χ3n) is 2.00. The maximum atomic E-state index is 9.23. The van der Waals surface area contributed by atoms with E-state index in [0.29, 0.717) is 5.75 Å². The fourth-order valence-corrected chi connectivity index (χ4v) is 1.33. The molecule has 66 valence electrons. The van der Waals surface area contributed by atoms with Gasteiger partial charge in [-0.15, -0.1) is 0 Å². The number of aromatic hydroxyl groups is 1. The summed E-state index contributed by atoms with van der Waals surface area (Å²) in [6, 6.07) is 5.36. The van der Waals surface area contributed by atoms with Gasteiger partial charge in [-0.05, 0) is 36.6 Å². The summed E-state index contributed by atoms with van der Waals surface area (Å²) >= 11 is 0. The highest BCUT2D eigenvalue weighted by molar-refractivity contribution is 5.36. The van der Waals surface area contributed by atoms with Crippen LogP contribution in [0.4, 0.5) is 0 Å². The van der Waals surface area contributed by atoms with Gasteiger partial charge in [0, 0.05) is 6.04 Å². The van der Waals surface area contributed by atoms with Crippen LogP contribution in [0.25, 0.3) is 0 Å². The number of phenols is 1. The van der Waals surface area contributed by atoms with Crippen LogP contribution in [-0.2, 0) is 6.42 Å². The highest BCUT2D eigenvalue weighted by Crippen LogP contribution is 2.21. The van der Waals surface area contributed by atoms with Crippen LogP contribution < -0.4 is 5.73 Å². The Kier molecular flexibility index (Phi) is 2.71. The summed E-state index contributed by atoms with van der Waals surface area (Å²) in [7, 11) is 0. The molecule has 2 nitrogen and oxygen atoms in total. The number of phenolic OH excluding ortho intramolecular Hbond substituents is 1. The number of nitrogens with two attached hydrogens (primary N) is 1. The largest absolute Gasteiger partial charge is 0.508 e. The third-order valence-corrected chi connectivity index (χ3v) is 2.00. The molecule has 0 heterocycles. The Bertz CT molecular complexity index is 269. The van der Waals surface area contributed by atoms with Gasteiger partial charge in [0.25, 0.3) is 0 Å². The minimum absolute atomic E-state index is 0.00736. The van der Waals surface area contributed by atoms with Gasteiger partial charge in [-0.3, -0.25) is 0 Å². The summed E-state index contributed by atoms with van der Waals surface area (Å²) in [5.74, 6) is 0.291. The first-order valence-corrected chi connectivity index (χ1v) is 4.22. The van der Waals surface area contributed by atoms with Gasteiger partial charge in [-0.1, -0.05) is 13.0 Å². The first-order chi connectivity index (χ1) is 5.65. The van der Waals surface area contributed by atoms with Crippen LogP contribution in [0.15, 0.2) is 18.2 Å². The molecule has 1 rings (SSSR count). The Morgan fingerprint density at radius 1 is 1.50 bits per heavy atom. The lowest BCUT2D eigenvalue weighted by atomic mass is 10.00. The van der Waals surface area contributed by atoms with Crippen molar-refractivity contribution >= 4 is 0 Å². The standard InChI is InChI=1S/C10H15NO/c1-3-8-4-5-9(12)6-10(8)7(2)11/h4-7,12H,3,11H2,1-2H3/t7-/m0/s1. The lowest BCUT2D eigenvalue weighted by Gasteiger charge is -2.11. The van der Waals surface area contributed by atoms with Crippen LogP contribution >= 0.6 is 0 Å². The second-order valence-corrected chi connectivity index (χ2v) is 3.03. The molecular formula is C10H15NO. The molecule has 0 unspecified atom stereocenters. The predicted molar refractivity (Wildman–Crippen MR) is 50.1 cm³/mol. The molecule has 0 amide bonds. The van der Waals surface area contributed by atoms with Crippen molar-refractivity contribution in [2.24, 2.45) is 5.73 Å². The summed E-state index contributed by atoms with van der Waals surface area (Å²) in [6.07, 6.45) is 0.956. The maximum Gasteiger partial charge on any atom is 0.115 e. The third kappa shape index (κ3) is 1.77. The number of rotatable bonds is 2. The number of aryl methyl sites for hydroxylation is 1. The zero-order valence-electron chi connectivity index (χ0n) is 7.54. The molecule has 0 aliphatic carbocycles. The van der Waals surface area contributed by atoms with Gasteiger partial charge in [0.15, 0.2) is 0 Å². The van der Waals surface area contributed by atoms with Gasteiger partial charge in [-0.25, -0.2) is 0 Å². The molecule has 0 aliphatic rings. The Morgan fingerprint density at radius 3 is 2.67 bits per heavy atom. The fourth-order valence-electron chi connectivity index (χ4n) is 1.33. The molecular weight excluding hydrogens is 150 g/mol. The molecule has 0 saturated carbocycles. The van der Waals surface area contributed by atoms with Crippen LogP contribution in [-0.4, -0.2) is 5.11 Å². The fraction of sp³-hybridized carbons (Fsp3) is 0.400. The monoisotopic (exact) mass is 165 g/mol. The van der Waals surface area contributed by atoms with Crippen LogP contribution in [0.3, 0.4) is 0 Å². The van der Waals surface area contributed by atoms with Gasteiger partial charge >= 0.3 is 0 Å². The van der Waals surface area contributed by atoms with Crippen molar-refractivity contribution in [2.45, 2.75) is 26.3 Å². The van der Waals surface area contributed by atoms with Gasteiger partial charge in [-0.2, -0.15) is 0 Å². The van der Waals surface area contributed by atoms with Crippen LogP contribution in [0, 0.1) is 0 Å². The summed E-state index contributed by atoms with van der Waals surface area (Å²) < 4.78 is 0. The van der Waals surface area contributed by atoms with E-state index in [-0.39, 0.29) is 6.04 Å². The van der Waals surface area contributed by atoms with Crippen molar-refractivity contribution in [1.82, 2.24) is 0 Å². The quantitative estimate of drug-likeness (QED) is 0.703. The summed E-state index contributed by atoms with van der Waals surface area (Å²) in [5.41, 5.74) is 8.00. The minimum atomic E-state index is -0.00736. The summed E-state index contributed by atoms with van der Waals surface area (Å²) in [4.78, 5) is 0. The average Bonchev–Trinajstić information content (AvgIpc) is 2.04. The van der Waals surface area contributed by atoms with Gasteiger partial charge in [0.05, 0.1) is 0 Å². The molecule has 0 aromatic heterocycles. The number of hydrogen-bond acceptors (Lipinski definition) is 2. The molecule has 0 spiro atoms. The number of benzene rings is 1. The van der Waals surface area contributed by atoms with Crippen molar-refractivity contribution in [1.29, 1.82) is 0 Å². The predicted octanol–water partition coefficient (Wildman–Crippen LogP) is 1.97. The Morgan fingerprint density at radius 2 is 2.17 bits per heavy atom. The SMILES string of the molecule is CCc1ccc(O)cc1[C@H](C)N. The van der Waals surface area contributed by atoms with E-state index in [1.165, 1.54) is 5.56 Å². The maximum absolute atomic E-state index is 9.23. The van der Waals surface area contributed by atoms with E-state index >= 15 is 0 Å². The van der Waals surface area contributed by atoms with Gasteiger partial charge in [0.1, 0.15) is 5.75 Å². The normalized spacial score (nSPS) is 12.9. The molecule has 1 atom stereocenters. The van der Waals surface area contributed by atoms with E-state index in [9.17, 15) is 5.11 Å². The van der Waals surface area contributed by atoms with Crippen molar-refractivity contribution in [3.8, 4) is 5.75 Å². The summed E-state index contributed by atoms with van der Waals surface area (Å²) in [6.45, 7) is 4.01. The second kappa shape index (κ2) is 3.59. The first-order valence-electron chi connectivity index (χ1n) is 4.22. The van der Waals surface area contributed by atoms with Crippen molar-refractivity contribution in [3.05, 3.63) is 29.3 Å². The zero-order valence-corrected chi connectivity index (χ0v) is 7.54. The Balaban J connectivity index is 3.12. The number of hydrogen-bond donors (Lipinski definition) is 2. The molecule has 2 heteroatoms. The van der Waals surface area contributed by atoms with E-state index in [2.05, 4.69) is 6.92 Å². The highest BCUT2D eigenvalue weighted by Gasteiger charge is 2.05. The highest BCUT2D eigenvalue weighted by atomic mass is 16.3. The minimum Gasteiger partial charge on any atom is -0.508 e. The summed E-state index contributed by atoms with van der Waals surface area (Å²) in [5, 5.41) is 9.23. The Hall–Kier alpha value is -1.02. The van der Waals surface area contributed by atoms with Crippen molar-refractivity contribution < 1.29 is 5.11 Å². The molecule has 0 radical (unpaired) electrons. The smallest absolute Gasteiger partial charge is 0.115 e. The molecule has 0 aliphatic heterocycles. The lowest BCUT2D eigenvalue weighted by Crippen LogP contribution is -2.07. The molecule has 0 saturated heterocycles. The Labute approximate surface area is 73.0 Å². The van der Waals surface area contributed by atoms with Crippen molar-refractivity contribution in [2.75, 3.05) is 0 Å². The molecule has 0 bridgehead atoms. The van der Waals surface area contributed by atoms with Gasteiger partial charge in [0.2, 0.25) is 0 Å². The van der Waals surface area contributed by atoms with Crippen molar-refractivity contribution in [3.63, 3.8) is 0 Å². The molecule has 12 heavy (non-hydrogen) atoms. The average molecular weight is 165 g/mol. The van der Waals surface area contributed by atoms with Gasteiger partial charge < -0.3 is 10.8 Å². The van der Waals surface area contributed by atoms with Crippen LogP contribution in [0.5, 0.6) is 5.75 Å². The lowest BCUT2D eigenvalue weighted by molar-refractivity contribution is 0.473. The molecule has 1 aromatic carbocycles. The van der Waals surface area contributed by atoms with E-state index in [0.717, 1.165) is 12.0 Å². The van der Waals surface area contributed by atoms with E-state index in [4.69, 9.17) is 5.73 Å². The van der Waals surface area contributed by atoms with E-state index < -0.39 is 0 Å². The van der Waals surface area contributed by atoms with E-state index in [1.54, 1.807) is 12.1 Å².